The first-order valence-electron chi connectivity index (χ1n) is 7.64. The maximum atomic E-state index is 12.2. The molecule has 1 aliphatic carbocycles. The van der Waals surface area contributed by atoms with Crippen LogP contribution in [0.2, 0.25) is 0 Å². The Morgan fingerprint density at radius 2 is 1.64 bits per heavy atom. The van der Waals surface area contributed by atoms with Crippen molar-refractivity contribution in [3.8, 4) is 0 Å². The average Bonchev–Trinajstić information content (AvgIpc) is 2.91. The minimum absolute atomic E-state index is 0.00820. The van der Waals surface area contributed by atoms with E-state index in [9.17, 15) is 4.79 Å². The van der Waals surface area contributed by atoms with Gasteiger partial charge in [-0.05, 0) is 42.5 Å². The van der Waals surface area contributed by atoms with Crippen LogP contribution in [0.3, 0.4) is 0 Å². The van der Waals surface area contributed by atoms with Crippen LogP contribution in [0, 0.1) is 0 Å². The first-order valence-corrected chi connectivity index (χ1v) is 7.64. The molecule has 2 aliphatic rings. The molecular weight excluding hydrogens is 274 g/mol. The molecule has 2 aromatic rings. The van der Waals surface area contributed by atoms with E-state index >= 15 is 0 Å². The van der Waals surface area contributed by atoms with Crippen LogP contribution >= 0.6 is 0 Å². The Labute approximate surface area is 129 Å². The summed E-state index contributed by atoms with van der Waals surface area (Å²) >= 11 is 0. The molecule has 22 heavy (non-hydrogen) atoms. The number of allylic oxidation sites excluding steroid dienone is 1. The van der Waals surface area contributed by atoms with E-state index in [1.807, 2.05) is 36.4 Å². The van der Waals surface area contributed by atoms with E-state index < -0.39 is 0 Å². The van der Waals surface area contributed by atoms with Crippen LogP contribution in [-0.4, -0.2) is 12.1 Å². The SMILES string of the molecule is O=C1OC2=CCC(c3ccccc3)CC2N1c1ccccc1. The third-order valence-electron chi connectivity index (χ3n) is 4.46. The number of para-hydroxylation sites is 1. The van der Waals surface area contributed by atoms with E-state index in [1.165, 1.54) is 5.56 Å². The Kier molecular flexibility index (Phi) is 3.19. The van der Waals surface area contributed by atoms with Crippen LogP contribution in [0.5, 0.6) is 0 Å². The largest absolute Gasteiger partial charge is 0.420 e. The summed E-state index contributed by atoms with van der Waals surface area (Å²) in [6.45, 7) is 0. The van der Waals surface area contributed by atoms with E-state index in [1.54, 1.807) is 4.90 Å². The van der Waals surface area contributed by atoms with Crippen molar-refractivity contribution in [3.05, 3.63) is 78.1 Å². The summed E-state index contributed by atoms with van der Waals surface area (Å²) in [5.41, 5.74) is 2.22. The van der Waals surface area contributed by atoms with E-state index in [2.05, 4.69) is 30.3 Å². The van der Waals surface area contributed by atoms with Gasteiger partial charge in [-0.15, -0.1) is 0 Å². The van der Waals surface area contributed by atoms with Crippen LogP contribution in [0.1, 0.15) is 24.3 Å². The maximum absolute atomic E-state index is 12.2. The summed E-state index contributed by atoms with van der Waals surface area (Å²) in [5, 5.41) is 0. The van der Waals surface area contributed by atoms with E-state index in [4.69, 9.17) is 4.74 Å². The first-order chi connectivity index (χ1) is 10.8. The third kappa shape index (κ3) is 2.19. The number of ether oxygens (including phenoxy) is 1. The number of benzene rings is 2. The molecule has 1 aliphatic heterocycles. The molecule has 3 nitrogen and oxygen atoms in total. The molecule has 1 heterocycles. The number of rotatable bonds is 2. The Bertz CT molecular complexity index is 709. The van der Waals surface area contributed by atoms with Crippen LogP contribution < -0.4 is 4.90 Å². The Balaban J connectivity index is 1.65. The lowest BCUT2D eigenvalue weighted by Crippen LogP contribution is -2.35. The van der Waals surface area contributed by atoms with Gasteiger partial charge in [-0.25, -0.2) is 4.79 Å². The van der Waals surface area contributed by atoms with Gasteiger partial charge in [-0.2, -0.15) is 0 Å². The van der Waals surface area contributed by atoms with Gasteiger partial charge in [0.2, 0.25) is 0 Å². The third-order valence-corrected chi connectivity index (χ3v) is 4.46. The van der Waals surface area contributed by atoms with Gasteiger partial charge in [0, 0.05) is 5.69 Å². The molecule has 1 fully saturated rings. The lowest BCUT2D eigenvalue weighted by molar-refractivity contribution is 0.197. The quantitative estimate of drug-likeness (QED) is 0.816. The summed E-state index contributed by atoms with van der Waals surface area (Å²) in [6.07, 6.45) is 3.63. The number of nitrogens with zero attached hydrogens (tertiary/aromatic N) is 1. The first kappa shape index (κ1) is 13.1. The van der Waals surface area contributed by atoms with Crippen LogP contribution in [0.25, 0.3) is 0 Å². The van der Waals surface area contributed by atoms with Crippen molar-refractivity contribution in [3.63, 3.8) is 0 Å². The number of carbonyl (C=O) groups is 1. The second kappa shape index (κ2) is 5.34. The maximum Gasteiger partial charge on any atom is 0.420 e. The fourth-order valence-corrected chi connectivity index (χ4v) is 3.37. The molecule has 0 aromatic heterocycles. The lowest BCUT2D eigenvalue weighted by atomic mass is 9.84. The van der Waals surface area contributed by atoms with Crippen molar-refractivity contribution in [1.29, 1.82) is 0 Å². The summed E-state index contributed by atoms with van der Waals surface area (Å²) in [7, 11) is 0. The molecule has 110 valence electrons. The average molecular weight is 291 g/mol. The van der Waals surface area contributed by atoms with E-state index in [-0.39, 0.29) is 12.1 Å². The number of fused-ring (bicyclic) bond motifs is 1. The molecule has 3 heteroatoms. The van der Waals surface area contributed by atoms with Gasteiger partial charge >= 0.3 is 6.09 Å². The lowest BCUT2D eigenvalue weighted by Gasteiger charge is -2.28. The predicted octanol–water partition coefficient (Wildman–Crippen LogP) is 4.47. The van der Waals surface area contributed by atoms with Gasteiger partial charge in [0.15, 0.2) is 0 Å². The monoisotopic (exact) mass is 291 g/mol. The van der Waals surface area contributed by atoms with Crippen molar-refractivity contribution >= 4 is 11.8 Å². The molecule has 0 bridgehead atoms. The number of amides is 1. The van der Waals surface area contributed by atoms with Crippen molar-refractivity contribution in [2.24, 2.45) is 0 Å². The topological polar surface area (TPSA) is 29.5 Å². The van der Waals surface area contributed by atoms with Gasteiger partial charge in [0.1, 0.15) is 5.76 Å². The van der Waals surface area contributed by atoms with Crippen molar-refractivity contribution in [1.82, 2.24) is 0 Å². The molecule has 2 atom stereocenters. The van der Waals surface area contributed by atoms with Crippen molar-refractivity contribution in [2.45, 2.75) is 24.8 Å². The summed E-state index contributed by atoms with van der Waals surface area (Å²) in [4.78, 5) is 14.0. The standard InChI is InChI=1S/C19H17NO2/c21-19-20(16-9-5-2-6-10-16)17-13-15(11-12-18(17)22-19)14-7-3-1-4-8-14/h1-10,12,15,17H,11,13H2. The fraction of sp³-hybridized carbons (Fsp3) is 0.211. The van der Waals surface area contributed by atoms with E-state index in [0.29, 0.717) is 5.92 Å². The van der Waals surface area contributed by atoms with Gasteiger partial charge in [-0.1, -0.05) is 48.5 Å². The second-order valence-corrected chi connectivity index (χ2v) is 5.77. The number of carbonyl (C=O) groups excluding carboxylic acids is 1. The molecule has 1 saturated heterocycles. The predicted molar refractivity (Wildman–Crippen MR) is 85.7 cm³/mol. The molecule has 1 amide bonds. The van der Waals surface area contributed by atoms with E-state index in [0.717, 1.165) is 24.3 Å². The highest BCUT2D eigenvalue weighted by molar-refractivity contribution is 5.92. The number of hydrogen-bond donors (Lipinski definition) is 0. The Morgan fingerprint density at radius 3 is 2.36 bits per heavy atom. The van der Waals surface area contributed by atoms with Crippen LogP contribution in [0.15, 0.2) is 72.5 Å². The number of anilines is 1. The molecule has 2 unspecified atom stereocenters. The Morgan fingerprint density at radius 1 is 0.955 bits per heavy atom. The fourth-order valence-electron chi connectivity index (χ4n) is 3.37. The molecule has 0 radical (unpaired) electrons. The van der Waals surface area contributed by atoms with Gasteiger partial charge in [-0.3, -0.25) is 4.90 Å². The minimum atomic E-state index is -0.267. The molecule has 0 saturated carbocycles. The summed E-state index contributed by atoms with van der Waals surface area (Å²) in [6, 6.07) is 20.3. The second-order valence-electron chi connectivity index (χ2n) is 5.77. The molecule has 2 aromatic carbocycles. The molecular formula is C19H17NO2. The highest BCUT2D eigenvalue weighted by atomic mass is 16.6. The number of hydrogen-bond acceptors (Lipinski definition) is 2. The summed E-state index contributed by atoms with van der Waals surface area (Å²) < 4.78 is 5.46. The summed E-state index contributed by atoms with van der Waals surface area (Å²) in [5.74, 6) is 1.23. The van der Waals surface area contributed by atoms with Gasteiger partial charge in [0.25, 0.3) is 0 Å². The highest BCUT2D eigenvalue weighted by Crippen LogP contribution is 2.40. The molecule has 4 rings (SSSR count). The molecule has 0 spiro atoms. The zero-order valence-electron chi connectivity index (χ0n) is 12.2. The van der Waals surface area contributed by atoms with Crippen molar-refractivity contribution < 1.29 is 9.53 Å². The zero-order chi connectivity index (χ0) is 14.9. The smallest absolute Gasteiger partial charge is 0.413 e. The Hall–Kier alpha value is -2.55. The van der Waals surface area contributed by atoms with Crippen LogP contribution in [0.4, 0.5) is 10.5 Å². The van der Waals surface area contributed by atoms with Crippen molar-refractivity contribution in [2.75, 3.05) is 4.90 Å². The van der Waals surface area contributed by atoms with Gasteiger partial charge < -0.3 is 4.74 Å². The molecule has 0 N–H and O–H groups in total. The minimum Gasteiger partial charge on any atom is -0.413 e. The normalized spacial score (nSPS) is 23.7. The highest BCUT2D eigenvalue weighted by Gasteiger charge is 2.42. The van der Waals surface area contributed by atoms with Crippen LogP contribution in [-0.2, 0) is 4.74 Å². The van der Waals surface area contributed by atoms with Gasteiger partial charge in [0.05, 0.1) is 6.04 Å². The zero-order valence-corrected chi connectivity index (χ0v) is 12.2.